The summed E-state index contributed by atoms with van der Waals surface area (Å²) in [6, 6.07) is 9.06. The largest absolute Gasteiger partial charge is 0.378 e. The van der Waals surface area contributed by atoms with Gasteiger partial charge < -0.3 is 10.2 Å². The van der Waals surface area contributed by atoms with Crippen LogP contribution in [0.15, 0.2) is 24.3 Å². The first-order valence-corrected chi connectivity index (χ1v) is 8.44. The zero-order chi connectivity index (χ0) is 15.5. The van der Waals surface area contributed by atoms with Crippen LogP contribution in [0.25, 0.3) is 0 Å². The van der Waals surface area contributed by atoms with Gasteiger partial charge in [0.05, 0.1) is 6.04 Å². The first-order valence-electron chi connectivity index (χ1n) is 8.44. The van der Waals surface area contributed by atoms with E-state index in [4.69, 9.17) is 0 Å². The normalized spacial score (nSPS) is 19.9. The van der Waals surface area contributed by atoms with Crippen molar-refractivity contribution in [1.29, 1.82) is 0 Å². The van der Waals surface area contributed by atoms with E-state index in [-0.39, 0.29) is 11.8 Å². The van der Waals surface area contributed by atoms with Gasteiger partial charge in [0.25, 0.3) is 0 Å². The van der Waals surface area contributed by atoms with Gasteiger partial charge in [0.1, 0.15) is 0 Å². The van der Waals surface area contributed by atoms with Gasteiger partial charge in [-0.2, -0.15) is 0 Å². The number of likely N-dealkylation sites (tertiary alicyclic amines) is 1. The molecule has 0 spiro atoms. The first-order chi connectivity index (χ1) is 10.6. The van der Waals surface area contributed by atoms with Crippen LogP contribution in [0.1, 0.15) is 37.3 Å². The fraction of sp³-hybridized carbons (Fsp3) is 0.611. The smallest absolute Gasteiger partial charge is 0.223 e. The monoisotopic (exact) mass is 301 g/mol. The van der Waals surface area contributed by atoms with Gasteiger partial charge in [-0.3, -0.25) is 9.69 Å². The Bertz CT molecular complexity index is 502. The molecule has 1 heterocycles. The number of amides is 1. The third-order valence-corrected chi connectivity index (χ3v) is 4.79. The Labute approximate surface area is 133 Å². The average Bonchev–Trinajstić information content (AvgIpc) is 3.24. The Morgan fingerprint density at radius 1 is 1.23 bits per heavy atom. The second-order valence-electron chi connectivity index (χ2n) is 6.76. The van der Waals surface area contributed by atoms with E-state index in [1.807, 2.05) is 0 Å². The summed E-state index contributed by atoms with van der Waals surface area (Å²) in [7, 11) is 4.12. The van der Waals surface area contributed by atoms with Crippen LogP contribution >= 0.6 is 0 Å². The molecule has 1 saturated heterocycles. The highest BCUT2D eigenvalue weighted by atomic mass is 16.2. The molecular weight excluding hydrogens is 274 g/mol. The number of rotatable bonds is 6. The topological polar surface area (TPSA) is 35.6 Å². The number of hydrogen-bond acceptors (Lipinski definition) is 3. The zero-order valence-electron chi connectivity index (χ0n) is 13.7. The molecule has 1 aromatic carbocycles. The maximum absolute atomic E-state index is 12.0. The van der Waals surface area contributed by atoms with Crippen LogP contribution in [0.5, 0.6) is 0 Å². The Balaban J connectivity index is 1.70. The molecule has 1 aromatic rings. The summed E-state index contributed by atoms with van der Waals surface area (Å²) < 4.78 is 0. The third kappa shape index (κ3) is 3.61. The number of nitrogens with one attached hydrogen (secondary N) is 1. The highest BCUT2D eigenvalue weighted by molar-refractivity contribution is 5.80. The molecule has 120 valence electrons. The molecule has 22 heavy (non-hydrogen) atoms. The van der Waals surface area contributed by atoms with Crippen molar-refractivity contribution >= 4 is 11.6 Å². The minimum absolute atomic E-state index is 0.245. The van der Waals surface area contributed by atoms with Crippen molar-refractivity contribution in [3.63, 3.8) is 0 Å². The molecule has 0 aromatic heterocycles. The summed E-state index contributed by atoms with van der Waals surface area (Å²) in [5.41, 5.74) is 2.52. The van der Waals surface area contributed by atoms with Crippen molar-refractivity contribution in [2.45, 2.75) is 31.7 Å². The van der Waals surface area contributed by atoms with Crippen LogP contribution in [-0.2, 0) is 4.79 Å². The number of nitrogens with zero attached hydrogens (tertiary/aromatic N) is 2. The molecule has 1 atom stereocenters. The molecule has 3 rings (SSSR count). The molecule has 0 radical (unpaired) electrons. The van der Waals surface area contributed by atoms with E-state index in [1.54, 1.807) is 0 Å². The van der Waals surface area contributed by atoms with Gasteiger partial charge in [-0.15, -0.1) is 0 Å². The van der Waals surface area contributed by atoms with E-state index < -0.39 is 0 Å². The lowest BCUT2D eigenvalue weighted by Crippen LogP contribution is -2.37. The second-order valence-corrected chi connectivity index (χ2v) is 6.76. The predicted molar refractivity (Wildman–Crippen MR) is 90.1 cm³/mol. The van der Waals surface area contributed by atoms with Crippen molar-refractivity contribution in [1.82, 2.24) is 10.2 Å². The van der Waals surface area contributed by atoms with Gasteiger partial charge in [0, 0.05) is 32.2 Å². The first kappa shape index (κ1) is 15.3. The van der Waals surface area contributed by atoms with Gasteiger partial charge in [-0.1, -0.05) is 12.1 Å². The summed E-state index contributed by atoms with van der Waals surface area (Å²) in [6.07, 6.45) is 4.67. The van der Waals surface area contributed by atoms with E-state index in [1.165, 1.54) is 24.1 Å². The lowest BCUT2D eigenvalue weighted by atomic mass is 10.0. The Hall–Kier alpha value is -1.55. The highest BCUT2D eigenvalue weighted by Crippen LogP contribution is 2.30. The number of hydrogen-bond donors (Lipinski definition) is 1. The quantitative estimate of drug-likeness (QED) is 0.876. The van der Waals surface area contributed by atoms with E-state index >= 15 is 0 Å². The fourth-order valence-corrected chi connectivity index (χ4v) is 3.19. The fourth-order valence-electron chi connectivity index (χ4n) is 3.19. The Kier molecular flexibility index (Phi) is 4.67. The number of carbonyl (C=O) groups excluding carboxylic acids is 1. The summed E-state index contributed by atoms with van der Waals surface area (Å²) in [6.45, 7) is 3.01. The summed E-state index contributed by atoms with van der Waals surface area (Å²) in [5.74, 6) is 0.532. The predicted octanol–water partition coefficient (Wildman–Crippen LogP) is 2.42. The second kappa shape index (κ2) is 6.69. The van der Waals surface area contributed by atoms with Gasteiger partial charge >= 0.3 is 0 Å². The molecule has 1 amide bonds. The molecule has 0 unspecified atom stereocenters. The lowest BCUT2D eigenvalue weighted by molar-refractivity contribution is -0.122. The van der Waals surface area contributed by atoms with Crippen LogP contribution in [0.3, 0.4) is 0 Å². The molecule has 1 aliphatic carbocycles. The molecule has 4 nitrogen and oxygen atoms in total. The van der Waals surface area contributed by atoms with Crippen molar-refractivity contribution in [3.8, 4) is 0 Å². The minimum atomic E-state index is 0.245. The Morgan fingerprint density at radius 2 is 1.86 bits per heavy atom. The maximum atomic E-state index is 12.0. The molecule has 4 heteroatoms. The van der Waals surface area contributed by atoms with Crippen LogP contribution in [-0.4, -0.2) is 44.5 Å². The molecule has 0 bridgehead atoms. The molecule has 1 aliphatic heterocycles. The molecule has 2 fully saturated rings. The van der Waals surface area contributed by atoms with Gasteiger partial charge in [-0.05, 0) is 56.5 Å². The van der Waals surface area contributed by atoms with E-state index in [2.05, 4.69) is 53.5 Å². The third-order valence-electron chi connectivity index (χ3n) is 4.79. The number of benzene rings is 1. The van der Waals surface area contributed by atoms with Crippen molar-refractivity contribution < 1.29 is 4.79 Å². The van der Waals surface area contributed by atoms with Crippen molar-refractivity contribution in [3.05, 3.63) is 29.8 Å². The molecule has 1 saturated carbocycles. The van der Waals surface area contributed by atoms with Crippen LogP contribution in [0.2, 0.25) is 0 Å². The number of carbonyl (C=O) groups is 1. The van der Waals surface area contributed by atoms with Crippen LogP contribution < -0.4 is 10.2 Å². The van der Waals surface area contributed by atoms with Crippen molar-refractivity contribution in [2.24, 2.45) is 5.92 Å². The number of anilines is 1. The van der Waals surface area contributed by atoms with Gasteiger partial charge in [-0.25, -0.2) is 0 Å². The molecule has 1 N–H and O–H groups in total. The highest BCUT2D eigenvalue weighted by Gasteiger charge is 2.31. The van der Waals surface area contributed by atoms with Crippen molar-refractivity contribution in [2.75, 3.05) is 38.6 Å². The van der Waals surface area contributed by atoms with Gasteiger partial charge in [0.15, 0.2) is 0 Å². The van der Waals surface area contributed by atoms with E-state index in [0.717, 1.165) is 32.5 Å². The minimum Gasteiger partial charge on any atom is -0.378 e. The zero-order valence-corrected chi connectivity index (χ0v) is 13.7. The summed E-state index contributed by atoms with van der Waals surface area (Å²) >= 11 is 0. The Morgan fingerprint density at radius 3 is 2.41 bits per heavy atom. The van der Waals surface area contributed by atoms with Gasteiger partial charge in [0.2, 0.25) is 5.91 Å². The SMILES string of the molecule is CN(C)c1ccc([C@@H](CNC(=O)C2CC2)N2CCCC2)cc1. The maximum Gasteiger partial charge on any atom is 0.223 e. The van der Waals surface area contributed by atoms with Crippen LogP contribution in [0.4, 0.5) is 5.69 Å². The molecular formula is C18H27N3O. The average molecular weight is 301 g/mol. The summed E-state index contributed by atoms with van der Waals surface area (Å²) in [4.78, 5) is 16.6. The van der Waals surface area contributed by atoms with E-state index in [9.17, 15) is 4.79 Å². The van der Waals surface area contributed by atoms with E-state index in [0.29, 0.717) is 6.04 Å². The molecule has 2 aliphatic rings. The standard InChI is InChI=1S/C18H27N3O/c1-20(2)16-9-7-14(8-10-16)17(21-11-3-4-12-21)13-19-18(22)15-5-6-15/h7-10,15,17H,3-6,11-13H2,1-2H3,(H,19,22)/t17-/m1/s1. The lowest BCUT2D eigenvalue weighted by Gasteiger charge is -2.28. The van der Waals surface area contributed by atoms with Crippen LogP contribution in [0, 0.1) is 5.92 Å². The summed E-state index contributed by atoms with van der Waals surface area (Å²) in [5, 5.41) is 3.17.